The predicted molar refractivity (Wildman–Crippen MR) is 105 cm³/mol. The molecule has 1 aliphatic heterocycles. The number of carbonyl (C=O) groups is 1. The largest absolute Gasteiger partial charge is 0.376 e. The van der Waals surface area contributed by atoms with E-state index in [1.165, 1.54) is 11.1 Å². The molecule has 25 heavy (non-hydrogen) atoms. The predicted octanol–water partition coefficient (Wildman–Crippen LogP) is 3.72. The normalized spacial score (nSPS) is 14.5. The van der Waals surface area contributed by atoms with Crippen molar-refractivity contribution in [1.29, 1.82) is 0 Å². The maximum atomic E-state index is 12.5. The number of halogens is 1. The summed E-state index contributed by atoms with van der Waals surface area (Å²) in [5.74, 6) is 0.144. The summed E-state index contributed by atoms with van der Waals surface area (Å²) in [5.41, 5.74) is 4.54. The summed E-state index contributed by atoms with van der Waals surface area (Å²) >= 11 is 6.07. The molecule has 1 N–H and O–H groups in total. The number of hydrogen-bond acceptors (Lipinski definition) is 3. The molecule has 0 saturated carbocycles. The van der Waals surface area contributed by atoms with Crippen LogP contribution in [0.2, 0.25) is 5.02 Å². The number of hydrogen-bond donors (Lipinski definition) is 1. The third-order valence-corrected chi connectivity index (χ3v) is 4.85. The van der Waals surface area contributed by atoms with Gasteiger partial charge < -0.3 is 15.1 Å². The minimum absolute atomic E-state index is 0.144. The molecule has 1 amide bonds. The average molecular weight is 358 g/mol. The van der Waals surface area contributed by atoms with Crippen molar-refractivity contribution in [2.45, 2.75) is 13.8 Å². The van der Waals surface area contributed by atoms with Crippen LogP contribution in [0.15, 0.2) is 42.5 Å². The number of aryl methyl sites for hydroxylation is 2. The van der Waals surface area contributed by atoms with Crippen molar-refractivity contribution >= 4 is 28.9 Å². The van der Waals surface area contributed by atoms with E-state index in [2.05, 4.69) is 42.3 Å². The summed E-state index contributed by atoms with van der Waals surface area (Å²) in [6.45, 7) is 7.59. The molecule has 0 aliphatic carbocycles. The quantitative estimate of drug-likeness (QED) is 0.905. The number of anilines is 2. The highest BCUT2D eigenvalue weighted by atomic mass is 35.5. The number of piperazine rings is 1. The van der Waals surface area contributed by atoms with Crippen LogP contribution in [-0.2, 0) is 4.79 Å². The Labute approximate surface area is 154 Å². The van der Waals surface area contributed by atoms with Gasteiger partial charge in [0.05, 0.1) is 6.54 Å². The first kappa shape index (κ1) is 17.6. The van der Waals surface area contributed by atoms with Gasteiger partial charge in [0, 0.05) is 42.6 Å². The van der Waals surface area contributed by atoms with Crippen molar-refractivity contribution in [3.05, 3.63) is 58.6 Å². The smallest absolute Gasteiger partial charge is 0.241 e. The van der Waals surface area contributed by atoms with E-state index in [4.69, 9.17) is 11.6 Å². The molecule has 5 heteroatoms. The first-order valence-corrected chi connectivity index (χ1v) is 9.00. The number of benzene rings is 2. The number of amides is 1. The summed E-state index contributed by atoms with van der Waals surface area (Å²) in [6, 6.07) is 14.1. The van der Waals surface area contributed by atoms with Gasteiger partial charge in [-0.1, -0.05) is 35.4 Å². The molecule has 1 heterocycles. The molecular formula is C20H24ClN3O. The highest BCUT2D eigenvalue weighted by Crippen LogP contribution is 2.21. The third-order valence-electron chi connectivity index (χ3n) is 4.62. The second kappa shape index (κ2) is 7.79. The van der Waals surface area contributed by atoms with E-state index in [-0.39, 0.29) is 5.91 Å². The first-order chi connectivity index (χ1) is 12.0. The molecule has 1 aliphatic rings. The molecule has 0 atom stereocenters. The van der Waals surface area contributed by atoms with Gasteiger partial charge in [0.15, 0.2) is 0 Å². The van der Waals surface area contributed by atoms with Crippen LogP contribution in [0.25, 0.3) is 0 Å². The van der Waals surface area contributed by atoms with Gasteiger partial charge in [-0.05, 0) is 43.7 Å². The van der Waals surface area contributed by atoms with Crippen LogP contribution < -0.4 is 10.2 Å². The minimum atomic E-state index is 0.144. The highest BCUT2D eigenvalue weighted by molar-refractivity contribution is 6.30. The van der Waals surface area contributed by atoms with E-state index in [0.717, 1.165) is 42.6 Å². The van der Waals surface area contributed by atoms with Crippen LogP contribution in [0, 0.1) is 13.8 Å². The first-order valence-electron chi connectivity index (χ1n) is 8.62. The van der Waals surface area contributed by atoms with Gasteiger partial charge in [0.1, 0.15) is 0 Å². The fraction of sp³-hybridized carbons (Fsp3) is 0.350. The van der Waals surface area contributed by atoms with Gasteiger partial charge in [-0.2, -0.15) is 0 Å². The molecule has 1 saturated heterocycles. The zero-order valence-corrected chi connectivity index (χ0v) is 15.5. The van der Waals surface area contributed by atoms with Crippen LogP contribution in [-0.4, -0.2) is 43.5 Å². The molecule has 0 bridgehead atoms. The van der Waals surface area contributed by atoms with Crippen LogP contribution in [0.5, 0.6) is 0 Å². The number of nitrogens with one attached hydrogen (secondary N) is 1. The van der Waals surface area contributed by atoms with E-state index in [1.807, 2.05) is 29.2 Å². The van der Waals surface area contributed by atoms with Crippen molar-refractivity contribution < 1.29 is 4.79 Å². The Kier molecular flexibility index (Phi) is 5.49. The van der Waals surface area contributed by atoms with E-state index in [0.29, 0.717) is 6.54 Å². The maximum absolute atomic E-state index is 12.5. The maximum Gasteiger partial charge on any atom is 0.241 e. The van der Waals surface area contributed by atoms with E-state index in [1.54, 1.807) is 0 Å². The van der Waals surface area contributed by atoms with E-state index in [9.17, 15) is 4.79 Å². The van der Waals surface area contributed by atoms with Crippen molar-refractivity contribution in [1.82, 2.24) is 4.90 Å². The molecule has 3 rings (SSSR count). The summed E-state index contributed by atoms with van der Waals surface area (Å²) < 4.78 is 0. The van der Waals surface area contributed by atoms with Gasteiger partial charge in [-0.3, -0.25) is 4.79 Å². The Hall–Kier alpha value is -2.20. The van der Waals surface area contributed by atoms with Crippen LogP contribution >= 0.6 is 11.6 Å². The molecule has 4 nitrogen and oxygen atoms in total. The molecule has 0 aromatic heterocycles. The van der Waals surface area contributed by atoms with Crippen LogP contribution in [0.1, 0.15) is 11.1 Å². The van der Waals surface area contributed by atoms with Gasteiger partial charge in [-0.15, -0.1) is 0 Å². The van der Waals surface area contributed by atoms with Crippen molar-refractivity contribution in [3.8, 4) is 0 Å². The van der Waals surface area contributed by atoms with E-state index >= 15 is 0 Å². The lowest BCUT2D eigenvalue weighted by Gasteiger charge is -2.36. The third kappa shape index (κ3) is 4.45. The van der Waals surface area contributed by atoms with Gasteiger partial charge in [0.2, 0.25) is 5.91 Å². The Morgan fingerprint density at radius 1 is 1.08 bits per heavy atom. The molecular weight excluding hydrogens is 334 g/mol. The van der Waals surface area contributed by atoms with Crippen molar-refractivity contribution in [2.75, 3.05) is 42.9 Å². The van der Waals surface area contributed by atoms with Gasteiger partial charge in [-0.25, -0.2) is 0 Å². The Morgan fingerprint density at radius 2 is 1.84 bits per heavy atom. The number of rotatable bonds is 4. The van der Waals surface area contributed by atoms with Crippen LogP contribution in [0.3, 0.4) is 0 Å². The highest BCUT2D eigenvalue weighted by Gasteiger charge is 2.21. The topological polar surface area (TPSA) is 35.6 Å². The lowest BCUT2D eigenvalue weighted by atomic mass is 10.1. The lowest BCUT2D eigenvalue weighted by Crippen LogP contribution is -2.50. The fourth-order valence-electron chi connectivity index (χ4n) is 3.18. The second-order valence-electron chi connectivity index (χ2n) is 6.52. The zero-order valence-electron chi connectivity index (χ0n) is 14.8. The Balaban J connectivity index is 1.51. The Morgan fingerprint density at radius 3 is 2.52 bits per heavy atom. The summed E-state index contributed by atoms with van der Waals surface area (Å²) in [5, 5.41) is 4.01. The molecule has 2 aromatic rings. The molecule has 0 radical (unpaired) electrons. The minimum Gasteiger partial charge on any atom is -0.376 e. The molecule has 0 unspecified atom stereocenters. The zero-order chi connectivity index (χ0) is 17.8. The molecule has 132 valence electrons. The fourth-order valence-corrected chi connectivity index (χ4v) is 3.37. The number of nitrogens with zero attached hydrogens (tertiary/aromatic N) is 2. The summed E-state index contributed by atoms with van der Waals surface area (Å²) in [7, 11) is 0. The summed E-state index contributed by atoms with van der Waals surface area (Å²) in [6.07, 6.45) is 0. The van der Waals surface area contributed by atoms with Crippen molar-refractivity contribution in [2.24, 2.45) is 0 Å². The lowest BCUT2D eigenvalue weighted by molar-refractivity contribution is -0.129. The van der Waals surface area contributed by atoms with Crippen LogP contribution in [0.4, 0.5) is 11.4 Å². The molecule has 0 spiro atoms. The summed E-state index contributed by atoms with van der Waals surface area (Å²) in [4.78, 5) is 16.7. The SMILES string of the molecule is Cc1ccc(NCC(=O)N2CCN(c3cccc(Cl)c3)CC2)c(C)c1. The number of carbonyl (C=O) groups excluding carboxylic acids is 1. The van der Waals surface area contributed by atoms with E-state index < -0.39 is 0 Å². The molecule has 2 aromatic carbocycles. The monoisotopic (exact) mass is 357 g/mol. The standard InChI is InChI=1S/C20H24ClN3O/c1-15-6-7-19(16(2)12-15)22-14-20(25)24-10-8-23(9-11-24)18-5-3-4-17(21)13-18/h3-7,12-13,22H,8-11,14H2,1-2H3. The Bertz CT molecular complexity index is 754. The second-order valence-corrected chi connectivity index (χ2v) is 6.96. The molecule has 1 fully saturated rings. The van der Waals surface area contributed by atoms with Gasteiger partial charge >= 0.3 is 0 Å². The average Bonchev–Trinajstić information content (AvgIpc) is 2.61. The van der Waals surface area contributed by atoms with Gasteiger partial charge in [0.25, 0.3) is 0 Å². The van der Waals surface area contributed by atoms with Crippen molar-refractivity contribution in [3.63, 3.8) is 0 Å².